The van der Waals surface area contributed by atoms with Gasteiger partial charge in [0, 0.05) is 12.2 Å². The highest BCUT2D eigenvalue weighted by molar-refractivity contribution is 5.91. The molecule has 0 amide bonds. The molecular formula is C20H25ClN2O2. The summed E-state index contributed by atoms with van der Waals surface area (Å²) in [7, 11) is 0. The van der Waals surface area contributed by atoms with E-state index in [1.165, 1.54) is 37.9 Å². The number of esters is 1. The number of halogens is 1. The summed E-state index contributed by atoms with van der Waals surface area (Å²) in [5.74, 6) is 0.203. The summed E-state index contributed by atoms with van der Waals surface area (Å²) in [4.78, 5) is 14.6. The van der Waals surface area contributed by atoms with Gasteiger partial charge in [0.25, 0.3) is 0 Å². The molecule has 1 aliphatic heterocycles. The Balaban J connectivity index is 0.00000225. The van der Waals surface area contributed by atoms with E-state index in [-0.39, 0.29) is 18.4 Å². The molecule has 0 saturated carbocycles. The van der Waals surface area contributed by atoms with Crippen LogP contribution in [-0.2, 0) is 6.42 Å². The molecule has 3 rings (SSSR count). The van der Waals surface area contributed by atoms with E-state index in [2.05, 4.69) is 4.90 Å². The van der Waals surface area contributed by atoms with E-state index in [0.29, 0.717) is 17.0 Å². The minimum absolute atomic E-state index is 0. The molecule has 0 bridgehead atoms. The molecule has 4 nitrogen and oxygen atoms in total. The van der Waals surface area contributed by atoms with Gasteiger partial charge in [-0.3, -0.25) is 0 Å². The second kappa shape index (κ2) is 9.44. The van der Waals surface area contributed by atoms with Gasteiger partial charge in [0.05, 0.1) is 5.56 Å². The lowest BCUT2D eigenvalue weighted by Crippen LogP contribution is -2.31. The first kappa shape index (κ1) is 19.3. The van der Waals surface area contributed by atoms with Gasteiger partial charge >= 0.3 is 5.97 Å². The molecule has 134 valence electrons. The number of ether oxygens (including phenoxy) is 1. The number of nitrogen functional groups attached to an aromatic ring is 1. The fourth-order valence-electron chi connectivity index (χ4n) is 2.98. The highest BCUT2D eigenvalue weighted by Crippen LogP contribution is 2.16. The molecule has 0 radical (unpaired) electrons. The molecule has 2 aromatic rings. The van der Waals surface area contributed by atoms with Crippen molar-refractivity contribution in [3.05, 3.63) is 59.7 Å². The molecular weight excluding hydrogens is 336 g/mol. The summed E-state index contributed by atoms with van der Waals surface area (Å²) in [5.41, 5.74) is 8.02. The lowest BCUT2D eigenvalue weighted by Gasteiger charge is -2.26. The average molecular weight is 361 g/mol. The third kappa shape index (κ3) is 5.76. The average Bonchev–Trinajstić information content (AvgIpc) is 2.62. The standard InChI is InChI=1S/C20H24N2O2.ClH/c21-18-8-6-17(7-9-18)20(23)24-19-10-4-16(5-11-19)12-15-22-13-2-1-3-14-22;/h4-11H,1-3,12-15,21H2;1H. The predicted octanol–water partition coefficient (Wildman–Crippen LogP) is 3.94. The van der Waals surface area contributed by atoms with E-state index in [1.54, 1.807) is 24.3 Å². The van der Waals surface area contributed by atoms with Crippen molar-refractivity contribution in [2.24, 2.45) is 0 Å². The zero-order valence-corrected chi connectivity index (χ0v) is 15.1. The van der Waals surface area contributed by atoms with Crippen molar-refractivity contribution in [2.75, 3.05) is 25.4 Å². The SMILES string of the molecule is Cl.Nc1ccc(C(=O)Oc2ccc(CCN3CCCCC3)cc2)cc1. The molecule has 1 saturated heterocycles. The lowest BCUT2D eigenvalue weighted by atomic mass is 10.1. The highest BCUT2D eigenvalue weighted by Gasteiger charge is 2.10. The van der Waals surface area contributed by atoms with Gasteiger partial charge in [-0.15, -0.1) is 12.4 Å². The van der Waals surface area contributed by atoms with Gasteiger partial charge in [-0.1, -0.05) is 18.6 Å². The van der Waals surface area contributed by atoms with Crippen molar-refractivity contribution < 1.29 is 9.53 Å². The number of hydrogen-bond acceptors (Lipinski definition) is 4. The normalized spacial score (nSPS) is 14.6. The Morgan fingerprint density at radius 1 is 0.960 bits per heavy atom. The number of anilines is 1. The molecule has 25 heavy (non-hydrogen) atoms. The largest absolute Gasteiger partial charge is 0.423 e. The quantitative estimate of drug-likeness (QED) is 0.498. The van der Waals surface area contributed by atoms with E-state index in [4.69, 9.17) is 10.5 Å². The van der Waals surface area contributed by atoms with Crippen LogP contribution in [-0.4, -0.2) is 30.5 Å². The third-order valence-corrected chi connectivity index (χ3v) is 4.45. The summed E-state index contributed by atoms with van der Waals surface area (Å²) in [6, 6.07) is 14.5. The van der Waals surface area contributed by atoms with E-state index < -0.39 is 0 Å². The maximum atomic E-state index is 12.1. The van der Waals surface area contributed by atoms with Crippen LogP contribution < -0.4 is 10.5 Å². The number of hydrogen-bond donors (Lipinski definition) is 1. The van der Waals surface area contributed by atoms with E-state index >= 15 is 0 Å². The zero-order valence-electron chi connectivity index (χ0n) is 14.3. The van der Waals surface area contributed by atoms with Crippen molar-refractivity contribution >= 4 is 24.1 Å². The summed E-state index contributed by atoms with van der Waals surface area (Å²) in [6.07, 6.45) is 5.04. The van der Waals surface area contributed by atoms with Crippen molar-refractivity contribution in [1.82, 2.24) is 4.90 Å². The van der Waals surface area contributed by atoms with Crippen LogP contribution in [0.1, 0.15) is 35.2 Å². The Hall–Kier alpha value is -2.04. The smallest absolute Gasteiger partial charge is 0.343 e. The van der Waals surface area contributed by atoms with E-state index in [1.807, 2.05) is 24.3 Å². The molecule has 2 N–H and O–H groups in total. The van der Waals surface area contributed by atoms with Gasteiger partial charge < -0.3 is 15.4 Å². The van der Waals surface area contributed by atoms with Crippen molar-refractivity contribution in [3.63, 3.8) is 0 Å². The van der Waals surface area contributed by atoms with Gasteiger partial charge in [-0.05, 0) is 74.3 Å². The second-order valence-electron chi connectivity index (χ2n) is 6.31. The Bertz CT molecular complexity index is 665. The second-order valence-corrected chi connectivity index (χ2v) is 6.31. The third-order valence-electron chi connectivity index (χ3n) is 4.45. The number of nitrogens with two attached hydrogens (primary N) is 1. The number of rotatable bonds is 5. The van der Waals surface area contributed by atoms with Crippen molar-refractivity contribution in [3.8, 4) is 5.75 Å². The molecule has 0 aromatic heterocycles. The summed E-state index contributed by atoms with van der Waals surface area (Å²) in [5, 5.41) is 0. The van der Waals surface area contributed by atoms with E-state index in [9.17, 15) is 4.79 Å². The first-order valence-corrected chi connectivity index (χ1v) is 8.60. The van der Waals surface area contributed by atoms with Gasteiger partial charge in [-0.25, -0.2) is 4.79 Å². The highest BCUT2D eigenvalue weighted by atomic mass is 35.5. The van der Waals surface area contributed by atoms with Crippen LogP contribution in [0, 0.1) is 0 Å². The molecule has 0 unspecified atom stereocenters. The maximum Gasteiger partial charge on any atom is 0.343 e. The fraction of sp³-hybridized carbons (Fsp3) is 0.350. The van der Waals surface area contributed by atoms with Gasteiger partial charge in [0.1, 0.15) is 5.75 Å². The first-order valence-electron chi connectivity index (χ1n) is 8.60. The van der Waals surface area contributed by atoms with Crippen LogP contribution in [0.25, 0.3) is 0 Å². The van der Waals surface area contributed by atoms with Crippen molar-refractivity contribution in [1.29, 1.82) is 0 Å². The molecule has 2 aromatic carbocycles. The summed E-state index contributed by atoms with van der Waals surface area (Å²) < 4.78 is 5.40. The van der Waals surface area contributed by atoms with Gasteiger partial charge in [-0.2, -0.15) is 0 Å². The number of likely N-dealkylation sites (tertiary alicyclic amines) is 1. The molecule has 5 heteroatoms. The van der Waals surface area contributed by atoms with Crippen molar-refractivity contribution in [2.45, 2.75) is 25.7 Å². The lowest BCUT2D eigenvalue weighted by molar-refractivity contribution is 0.0735. The number of carbonyl (C=O) groups is 1. The summed E-state index contributed by atoms with van der Waals surface area (Å²) >= 11 is 0. The van der Waals surface area contributed by atoms with Gasteiger partial charge in [0.15, 0.2) is 0 Å². The number of benzene rings is 2. The molecule has 0 atom stereocenters. The fourth-order valence-corrected chi connectivity index (χ4v) is 2.98. The Labute approximate surface area is 155 Å². The molecule has 1 heterocycles. The van der Waals surface area contributed by atoms with E-state index in [0.717, 1.165) is 13.0 Å². The van der Waals surface area contributed by atoms with Crippen LogP contribution in [0.15, 0.2) is 48.5 Å². The number of nitrogens with zero attached hydrogens (tertiary/aromatic N) is 1. The zero-order chi connectivity index (χ0) is 16.8. The van der Waals surface area contributed by atoms with Gasteiger partial charge in [0.2, 0.25) is 0 Å². The van der Waals surface area contributed by atoms with Crippen LogP contribution in [0.3, 0.4) is 0 Å². The minimum Gasteiger partial charge on any atom is -0.423 e. The van der Waals surface area contributed by atoms with Crippen LogP contribution in [0.4, 0.5) is 5.69 Å². The Morgan fingerprint density at radius 2 is 1.60 bits per heavy atom. The van der Waals surface area contributed by atoms with Crippen LogP contribution in [0.5, 0.6) is 5.75 Å². The molecule has 0 spiro atoms. The minimum atomic E-state index is -0.365. The molecule has 0 aliphatic carbocycles. The molecule has 1 aliphatic rings. The molecule has 1 fully saturated rings. The van der Waals surface area contributed by atoms with Crippen LogP contribution >= 0.6 is 12.4 Å². The number of carbonyl (C=O) groups excluding carboxylic acids is 1. The summed E-state index contributed by atoms with van der Waals surface area (Å²) in [6.45, 7) is 3.54. The topological polar surface area (TPSA) is 55.6 Å². The monoisotopic (exact) mass is 360 g/mol. The maximum absolute atomic E-state index is 12.1. The Kier molecular flexibility index (Phi) is 7.29. The van der Waals surface area contributed by atoms with Crippen LogP contribution in [0.2, 0.25) is 0 Å². The first-order chi connectivity index (χ1) is 11.7. The Morgan fingerprint density at radius 3 is 2.24 bits per heavy atom. The predicted molar refractivity (Wildman–Crippen MR) is 103 cm³/mol. The number of piperidine rings is 1.